The summed E-state index contributed by atoms with van der Waals surface area (Å²) in [5.74, 6) is 0.469. The van der Waals surface area contributed by atoms with E-state index < -0.39 is 7.60 Å². The van der Waals surface area contributed by atoms with Crippen molar-refractivity contribution in [2.75, 3.05) is 13.2 Å². The summed E-state index contributed by atoms with van der Waals surface area (Å²) in [6.45, 7) is 0.0650. The number of aliphatic hydroxyl groups is 1. The van der Waals surface area contributed by atoms with Crippen LogP contribution in [0.1, 0.15) is 0 Å². The zero-order valence-electron chi connectivity index (χ0n) is 7.33. The van der Waals surface area contributed by atoms with Crippen molar-refractivity contribution >= 4 is 12.9 Å². The van der Waals surface area contributed by atoms with Crippen LogP contribution < -0.4 is 10.0 Å². The predicted molar refractivity (Wildman–Crippen MR) is 50.7 cm³/mol. The second-order valence-electron chi connectivity index (χ2n) is 2.61. The molecule has 0 amide bonds. The van der Waals surface area contributed by atoms with E-state index in [0.29, 0.717) is 5.75 Å². The topological polar surface area (TPSA) is 87.0 Å². The maximum Gasteiger partial charge on any atom is 0.356 e. The lowest BCUT2D eigenvalue weighted by Crippen LogP contribution is -2.05. The Balaban J connectivity index is 2.74. The van der Waals surface area contributed by atoms with Gasteiger partial charge in [0.15, 0.2) is 0 Å². The minimum absolute atomic E-state index is 0.0474. The molecule has 1 aromatic rings. The van der Waals surface area contributed by atoms with E-state index in [4.69, 9.17) is 19.6 Å². The Hall–Kier alpha value is -0.870. The van der Waals surface area contributed by atoms with E-state index >= 15 is 0 Å². The second kappa shape index (κ2) is 4.57. The van der Waals surface area contributed by atoms with Crippen molar-refractivity contribution in [2.45, 2.75) is 0 Å². The molecule has 0 spiro atoms. The summed E-state index contributed by atoms with van der Waals surface area (Å²) >= 11 is 0. The molecule has 0 unspecified atom stereocenters. The van der Waals surface area contributed by atoms with Crippen LogP contribution in [-0.2, 0) is 4.57 Å². The first kappa shape index (κ1) is 11.2. The minimum Gasteiger partial charge on any atom is -0.491 e. The van der Waals surface area contributed by atoms with Crippen molar-refractivity contribution in [3.05, 3.63) is 24.3 Å². The SMILES string of the molecule is O=P(O)(O)c1ccc(OCCO)cc1. The molecule has 1 aromatic carbocycles. The molecule has 0 heterocycles. The lowest BCUT2D eigenvalue weighted by atomic mass is 10.3. The first-order valence-electron chi connectivity index (χ1n) is 3.94. The van der Waals surface area contributed by atoms with Crippen LogP contribution in [0.4, 0.5) is 0 Å². The van der Waals surface area contributed by atoms with E-state index in [9.17, 15) is 4.57 Å². The predicted octanol–water partition coefficient (Wildman–Crippen LogP) is -0.139. The summed E-state index contributed by atoms with van der Waals surface area (Å²) in [6, 6.07) is 5.50. The summed E-state index contributed by atoms with van der Waals surface area (Å²) in [7, 11) is -4.17. The lowest BCUT2D eigenvalue weighted by molar-refractivity contribution is 0.201. The maximum atomic E-state index is 10.8. The van der Waals surface area contributed by atoms with Crippen LogP contribution in [0.5, 0.6) is 5.75 Å². The Kier molecular flexibility index (Phi) is 3.66. The molecule has 0 aliphatic heterocycles. The minimum atomic E-state index is -4.17. The summed E-state index contributed by atoms with van der Waals surface area (Å²) in [5, 5.41) is 8.41. The average Bonchev–Trinajstić information content (AvgIpc) is 2.14. The smallest absolute Gasteiger partial charge is 0.356 e. The van der Waals surface area contributed by atoms with Gasteiger partial charge in [0.2, 0.25) is 0 Å². The van der Waals surface area contributed by atoms with Gasteiger partial charge in [0.1, 0.15) is 12.4 Å². The Morgan fingerprint density at radius 3 is 2.21 bits per heavy atom. The van der Waals surface area contributed by atoms with Crippen molar-refractivity contribution in [1.82, 2.24) is 0 Å². The molecule has 0 saturated carbocycles. The molecule has 0 aromatic heterocycles. The van der Waals surface area contributed by atoms with E-state index in [1.807, 2.05) is 0 Å². The summed E-state index contributed by atoms with van der Waals surface area (Å²) in [5.41, 5.74) is 0. The number of rotatable bonds is 4. The molecule has 1 rings (SSSR count). The molecule has 3 N–H and O–H groups in total. The van der Waals surface area contributed by atoms with Crippen molar-refractivity contribution in [3.8, 4) is 5.75 Å². The highest BCUT2D eigenvalue weighted by molar-refractivity contribution is 7.60. The summed E-state index contributed by atoms with van der Waals surface area (Å²) in [6.07, 6.45) is 0. The van der Waals surface area contributed by atoms with Crippen LogP contribution in [0.15, 0.2) is 24.3 Å². The number of hydrogen-bond donors (Lipinski definition) is 3. The van der Waals surface area contributed by atoms with Crippen LogP contribution in [-0.4, -0.2) is 28.1 Å². The molecule has 78 valence electrons. The fourth-order valence-electron chi connectivity index (χ4n) is 0.900. The molecule has 0 aliphatic carbocycles. The Morgan fingerprint density at radius 1 is 1.21 bits per heavy atom. The fraction of sp³-hybridized carbons (Fsp3) is 0.250. The van der Waals surface area contributed by atoms with Gasteiger partial charge in [0.05, 0.1) is 11.9 Å². The largest absolute Gasteiger partial charge is 0.491 e. The molecule has 0 radical (unpaired) electrons. The highest BCUT2D eigenvalue weighted by Gasteiger charge is 2.15. The van der Waals surface area contributed by atoms with Crippen molar-refractivity contribution in [3.63, 3.8) is 0 Å². The van der Waals surface area contributed by atoms with Gasteiger partial charge in [-0.05, 0) is 24.3 Å². The van der Waals surface area contributed by atoms with Crippen molar-refractivity contribution in [2.24, 2.45) is 0 Å². The number of benzene rings is 1. The molecule has 0 fully saturated rings. The molecule has 5 nitrogen and oxygen atoms in total. The Labute approximate surface area is 81.1 Å². The standard InChI is InChI=1S/C8H11O5P/c9-5-6-13-7-1-3-8(4-2-7)14(10,11)12/h1-4,9H,5-6H2,(H2,10,11,12). The van der Waals surface area contributed by atoms with Gasteiger partial charge in [0.25, 0.3) is 0 Å². The lowest BCUT2D eigenvalue weighted by Gasteiger charge is -2.06. The van der Waals surface area contributed by atoms with Gasteiger partial charge < -0.3 is 19.6 Å². The van der Waals surface area contributed by atoms with Gasteiger partial charge in [-0.3, -0.25) is 4.57 Å². The molecule has 0 aliphatic rings. The van der Waals surface area contributed by atoms with E-state index in [0.717, 1.165) is 0 Å². The summed E-state index contributed by atoms with van der Waals surface area (Å²) in [4.78, 5) is 17.6. The van der Waals surface area contributed by atoms with Crippen LogP contribution in [0.2, 0.25) is 0 Å². The first-order chi connectivity index (χ1) is 6.54. The zero-order valence-corrected chi connectivity index (χ0v) is 8.22. The normalized spacial score (nSPS) is 11.4. The van der Waals surface area contributed by atoms with Gasteiger partial charge in [0, 0.05) is 0 Å². The van der Waals surface area contributed by atoms with Crippen LogP contribution >= 0.6 is 7.60 Å². The Morgan fingerprint density at radius 2 is 1.79 bits per heavy atom. The highest BCUT2D eigenvalue weighted by Crippen LogP contribution is 2.33. The highest BCUT2D eigenvalue weighted by atomic mass is 31.2. The van der Waals surface area contributed by atoms with E-state index in [2.05, 4.69) is 0 Å². The molecule has 0 atom stereocenters. The Bertz CT molecular complexity index is 328. The second-order valence-corrected chi connectivity index (χ2v) is 4.21. The number of aliphatic hydroxyl groups excluding tert-OH is 1. The van der Waals surface area contributed by atoms with Crippen molar-refractivity contribution in [1.29, 1.82) is 0 Å². The monoisotopic (exact) mass is 218 g/mol. The van der Waals surface area contributed by atoms with Gasteiger partial charge in [-0.1, -0.05) is 0 Å². The van der Waals surface area contributed by atoms with Gasteiger partial charge in [-0.25, -0.2) is 0 Å². The van der Waals surface area contributed by atoms with E-state index in [1.54, 1.807) is 0 Å². The summed E-state index contributed by atoms with van der Waals surface area (Å²) < 4.78 is 15.8. The molecule has 0 bridgehead atoms. The van der Waals surface area contributed by atoms with E-state index in [-0.39, 0.29) is 18.5 Å². The van der Waals surface area contributed by atoms with E-state index in [1.165, 1.54) is 24.3 Å². The van der Waals surface area contributed by atoms with Crippen LogP contribution in [0, 0.1) is 0 Å². The third-order valence-electron chi connectivity index (χ3n) is 1.53. The van der Waals surface area contributed by atoms with Crippen LogP contribution in [0.3, 0.4) is 0 Å². The van der Waals surface area contributed by atoms with Gasteiger partial charge in [-0.2, -0.15) is 0 Å². The third-order valence-corrected chi connectivity index (χ3v) is 2.50. The quantitative estimate of drug-likeness (QED) is 0.612. The molecule has 14 heavy (non-hydrogen) atoms. The molecule has 6 heteroatoms. The van der Waals surface area contributed by atoms with Gasteiger partial charge in [-0.15, -0.1) is 0 Å². The van der Waals surface area contributed by atoms with Crippen LogP contribution in [0.25, 0.3) is 0 Å². The van der Waals surface area contributed by atoms with Gasteiger partial charge >= 0.3 is 7.60 Å². The first-order valence-corrected chi connectivity index (χ1v) is 5.55. The number of hydrogen-bond acceptors (Lipinski definition) is 3. The van der Waals surface area contributed by atoms with Crippen molar-refractivity contribution < 1.29 is 24.2 Å². The fourth-order valence-corrected chi connectivity index (χ4v) is 1.44. The molecular formula is C8H11O5P. The average molecular weight is 218 g/mol. The molecule has 0 saturated heterocycles. The number of ether oxygens (including phenoxy) is 1. The maximum absolute atomic E-state index is 10.8. The molecular weight excluding hydrogens is 207 g/mol. The zero-order chi connectivity index (χ0) is 10.6. The third kappa shape index (κ3) is 3.12.